The van der Waals surface area contributed by atoms with Crippen molar-refractivity contribution in [1.82, 2.24) is 24.6 Å². The molecule has 178 valence electrons. The lowest BCUT2D eigenvalue weighted by atomic mass is 9.85. The lowest BCUT2D eigenvalue weighted by Crippen LogP contribution is -2.45. The number of fused-ring (bicyclic) bond motifs is 1. The maximum absolute atomic E-state index is 12.9. The van der Waals surface area contributed by atoms with Crippen molar-refractivity contribution in [3.8, 4) is 10.6 Å². The van der Waals surface area contributed by atoms with E-state index in [1.54, 1.807) is 36.5 Å². The number of likely N-dealkylation sites (N-methyl/N-ethyl adjacent to an activating group) is 1. The van der Waals surface area contributed by atoms with E-state index in [9.17, 15) is 9.59 Å². The number of nitrogens with zero attached hydrogens (tertiary/aromatic N) is 5. The molecule has 2 amide bonds. The monoisotopic (exact) mass is 487 g/mol. The molecule has 35 heavy (non-hydrogen) atoms. The maximum atomic E-state index is 12.9. The smallest absolute Gasteiger partial charge is 0.267 e. The molecule has 9 nitrogen and oxygen atoms in total. The van der Waals surface area contributed by atoms with Crippen LogP contribution in [0.1, 0.15) is 34.1 Å². The van der Waals surface area contributed by atoms with Crippen molar-refractivity contribution in [2.45, 2.75) is 31.8 Å². The largest absolute Gasteiger partial charge is 0.383 e. The SMILES string of the molecule is C=CC(=O)N(C)C1CC(n2nc(-c3cc(C)c(C(=O)Nc4ccccn4)s3)c3c(N)nccc32)C1. The summed E-state index contributed by atoms with van der Waals surface area (Å²) in [4.78, 5) is 36.5. The lowest BCUT2D eigenvalue weighted by Gasteiger charge is -2.41. The number of carbonyl (C=O) groups is 2. The van der Waals surface area contributed by atoms with E-state index in [4.69, 9.17) is 10.8 Å². The Balaban J connectivity index is 1.47. The minimum atomic E-state index is -0.218. The Morgan fingerprint density at radius 3 is 2.77 bits per heavy atom. The quantitative estimate of drug-likeness (QED) is 0.396. The highest BCUT2D eigenvalue weighted by molar-refractivity contribution is 7.17. The molecule has 4 heterocycles. The Bertz CT molecular complexity index is 1440. The van der Waals surface area contributed by atoms with Crippen LogP contribution in [0.15, 0.2) is 55.4 Å². The highest BCUT2D eigenvalue weighted by atomic mass is 32.1. The van der Waals surface area contributed by atoms with E-state index in [1.165, 1.54) is 17.4 Å². The number of nitrogens with two attached hydrogens (primary N) is 1. The van der Waals surface area contributed by atoms with Crippen LogP contribution in [0, 0.1) is 6.92 Å². The predicted octanol–water partition coefficient (Wildman–Crippen LogP) is 4.05. The van der Waals surface area contributed by atoms with E-state index in [0.29, 0.717) is 22.2 Å². The molecule has 0 aliphatic heterocycles. The van der Waals surface area contributed by atoms with Gasteiger partial charge >= 0.3 is 0 Å². The summed E-state index contributed by atoms with van der Waals surface area (Å²) in [5.74, 6) is 0.584. The van der Waals surface area contributed by atoms with Crippen LogP contribution >= 0.6 is 11.3 Å². The third-order valence-electron chi connectivity index (χ3n) is 6.42. The van der Waals surface area contributed by atoms with Gasteiger partial charge in [0.15, 0.2) is 0 Å². The van der Waals surface area contributed by atoms with Crippen LogP contribution in [0.3, 0.4) is 0 Å². The van der Waals surface area contributed by atoms with E-state index in [0.717, 1.165) is 34.2 Å². The van der Waals surface area contributed by atoms with Crippen molar-refractivity contribution in [3.63, 3.8) is 0 Å². The summed E-state index contributed by atoms with van der Waals surface area (Å²) in [5, 5.41) is 8.55. The molecule has 0 bridgehead atoms. The summed E-state index contributed by atoms with van der Waals surface area (Å²) in [6.45, 7) is 5.47. The fourth-order valence-corrected chi connectivity index (χ4v) is 5.46. The van der Waals surface area contributed by atoms with Crippen molar-refractivity contribution in [2.24, 2.45) is 0 Å². The first-order valence-electron chi connectivity index (χ1n) is 11.2. The molecular weight excluding hydrogens is 462 g/mol. The minimum absolute atomic E-state index is 0.0847. The fraction of sp³-hybridized carbons (Fsp3) is 0.240. The highest BCUT2D eigenvalue weighted by Gasteiger charge is 2.36. The first-order valence-corrected chi connectivity index (χ1v) is 12.0. The van der Waals surface area contributed by atoms with Crippen LogP contribution < -0.4 is 11.1 Å². The Labute approximate surface area is 206 Å². The van der Waals surface area contributed by atoms with Gasteiger partial charge in [-0.05, 0) is 55.7 Å². The summed E-state index contributed by atoms with van der Waals surface area (Å²) >= 11 is 1.36. The standard InChI is InChI=1S/C25H25N7O2S/c1-4-20(33)31(3)15-12-16(13-15)32-17-8-10-28-24(26)21(17)22(30-32)18-11-14(2)23(35-18)25(34)29-19-7-5-6-9-27-19/h4-11,15-16H,1,12-13H2,2-3H3,(H2,26,28)(H,27,29,34). The first-order chi connectivity index (χ1) is 16.9. The molecule has 5 rings (SSSR count). The number of anilines is 2. The van der Waals surface area contributed by atoms with Crippen LogP contribution in [0.5, 0.6) is 0 Å². The summed E-state index contributed by atoms with van der Waals surface area (Å²) in [6, 6.07) is 9.49. The van der Waals surface area contributed by atoms with E-state index in [2.05, 4.69) is 21.9 Å². The third-order valence-corrected chi connectivity index (χ3v) is 7.66. The zero-order chi connectivity index (χ0) is 24.7. The number of aryl methyl sites for hydroxylation is 1. The Hall–Kier alpha value is -4.05. The predicted molar refractivity (Wildman–Crippen MR) is 137 cm³/mol. The second kappa shape index (κ2) is 8.95. The number of amides is 2. The number of thiophene rings is 1. The summed E-state index contributed by atoms with van der Waals surface area (Å²) < 4.78 is 1.98. The second-order valence-corrected chi connectivity index (χ2v) is 9.66. The molecular formula is C25H25N7O2S. The number of carbonyl (C=O) groups excluding carboxylic acids is 2. The van der Waals surface area contributed by atoms with Crippen LogP contribution in [0.2, 0.25) is 0 Å². The maximum Gasteiger partial charge on any atom is 0.267 e. The Morgan fingerprint density at radius 2 is 2.06 bits per heavy atom. The number of nitrogen functional groups attached to an aromatic ring is 1. The van der Waals surface area contributed by atoms with Crippen molar-refractivity contribution < 1.29 is 9.59 Å². The van der Waals surface area contributed by atoms with Crippen molar-refractivity contribution >= 4 is 45.7 Å². The van der Waals surface area contributed by atoms with Crippen molar-refractivity contribution in [1.29, 1.82) is 0 Å². The lowest BCUT2D eigenvalue weighted by molar-refractivity contribution is -0.129. The van der Waals surface area contributed by atoms with Gasteiger partial charge in [0.05, 0.1) is 26.7 Å². The number of hydrogen-bond acceptors (Lipinski definition) is 7. The molecule has 1 aliphatic carbocycles. The number of aromatic nitrogens is 4. The molecule has 4 aromatic rings. The van der Waals surface area contributed by atoms with Crippen LogP contribution in [0.25, 0.3) is 21.5 Å². The molecule has 10 heteroatoms. The summed E-state index contributed by atoms with van der Waals surface area (Å²) in [5.41, 5.74) is 8.73. The first kappa shape index (κ1) is 22.7. The van der Waals surface area contributed by atoms with Crippen LogP contribution in [-0.4, -0.2) is 49.6 Å². The molecule has 4 aromatic heterocycles. The average Bonchev–Trinajstić information content (AvgIpc) is 3.40. The third kappa shape index (κ3) is 4.06. The summed E-state index contributed by atoms with van der Waals surface area (Å²) in [6.07, 6.45) is 6.22. The van der Waals surface area contributed by atoms with Gasteiger partial charge in [-0.15, -0.1) is 11.3 Å². The van der Waals surface area contributed by atoms with Crippen molar-refractivity contribution in [2.75, 3.05) is 18.1 Å². The van der Waals surface area contributed by atoms with Gasteiger partial charge < -0.3 is 16.0 Å². The van der Waals surface area contributed by atoms with Gasteiger partial charge in [-0.2, -0.15) is 5.10 Å². The fourth-order valence-electron chi connectivity index (χ4n) is 4.40. The van der Waals surface area contributed by atoms with E-state index in [1.807, 2.05) is 29.8 Å². The summed E-state index contributed by atoms with van der Waals surface area (Å²) in [7, 11) is 1.80. The van der Waals surface area contributed by atoms with Gasteiger partial charge in [-0.3, -0.25) is 14.3 Å². The topological polar surface area (TPSA) is 119 Å². The van der Waals surface area contributed by atoms with Gasteiger partial charge in [-0.25, -0.2) is 9.97 Å². The molecule has 0 aromatic carbocycles. The molecule has 1 fully saturated rings. The number of pyridine rings is 2. The number of hydrogen-bond donors (Lipinski definition) is 2. The normalized spacial score (nSPS) is 17.1. The zero-order valence-corrected chi connectivity index (χ0v) is 20.2. The molecule has 0 spiro atoms. The van der Waals surface area contributed by atoms with Crippen LogP contribution in [0.4, 0.5) is 11.6 Å². The second-order valence-electron chi connectivity index (χ2n) is 8.61. The zero-order valence-electron chi connectivity index (χ0n) is 19.4. The molecule has 0 unspecified atom stereocenters. The molecule has 0 atom stereocenters. The molecule has 1 aliphatic rings. The Morgan fingerprint density at radius 1 is 1.26 bits per heavy atom. The van der Waals surface area contributed by atoms with E-state index < -0.39 is 0 Å². The molecule has 3 N–H and O–H groups in total. The molecule has 0 saturated heterocycles. The average molecular weight is 488 g/mol. The van der Waals surface area contributed by atoms with Gasteiger partial charge in [0.25, 0.3) is 5.91 Å². The van der Waals surface area contributed by atoms with Gasteiger partial charge in [-0.1, -0.05) is 12.6 Å². The van der Waals surface area contributed by atoms with Gasteiger partial charge in [0.1, 0.15) is 17.3 Å². The molecule has 1 saturated carbocycles. The van der Waals surface area contributed by atoms with Gasteiger partial charge in [0.2, 0.25) is 5.91 Å². The van der Waals surface area contributed by atoms with E-state index >= 15 is 0 Å². The van der Waals surface area contributed by atoms with E-state index in [-0.39, 0.29) is 23.9 Å². The highest BCUT2D eigenvalue weighted by Crippen LogP contribution is 2.42. The Kier molecular flexibility index (Phi) is 5.81. The number of nitrogens with one attached hydrogen (secondary N) is 1. The molecule has 0 radical (unpaired) electrons. The van der Waals surface area contributed by atoms with Crippen molar-refractivity contribution in [3.05, 3.63) is 65.8 Å². The minimum Gasteiger partial charge on any atom is -0.383 e. The van der Waals surface area contributed by atoms with Gasteiger partial charge in [0, 0.05) is 25.5 Å². The number of rotatable bonds is 6. The van der Waals surface area contributed by atoms with Crippen LogP contribution in [-0.2, 0) is 4.79 Å².